The van der Waals surface area contributed by atoms with Crippen molar-refractivity contribution in [1.82, 2.24) is 19.0 Å². The molecule has 1 saturated heterocycles. The van der Waals surface area contributed by atoms with Crippen molar-refractivity contribution in [3.63, 3.8) is 0 Å². The van der Waals surface area contributed by atoms with Crippen LogP contribution in [0.1, 0.15) is 34.6 Å². The molecule has 6 heteroatoms. The van der Waals surface area contributed by atoms with Crippen LogP contribution in [0.2, 0.25) is 0 Å². The van der Waals surface area contributed by atoms with Gasteiger partial charge in [-0.25, -0.2) is 0 Å². The second-order valence-electron chi connectivity index (χ2n) is 5.11. The van der Waals surface area contributed by atoms with Gasteiger partial charge in [0.25, 0.3) is 5.91 Å². The van der Waals surface area contributed by atoms with Gasteiger partial charge in [-0.3, -0.25) is 4.79 Å². The number of nitrogens with zero attached hydrogens (tertiary/aromatic N) is 3. The topological polar surface area (TPSA) is 58.1 Å². The molecule has 1 aliphatic rings. The van der Waals surface area contributed by atoms with Crippen LogP contribution in [0.25, 0.3) is 0 Å². The minimum Gasteiger partial charge on any atom is -0.328 e. The SMILES string of the molecule is CCc1ccc(C2CNCCN2C(=O)c2cnsn2)cc1. The zero-order valence-electron chi connectivity index (χ0n) is 12.0. The van der Waals surface area contributed by atoms with E-state index in [0.29, 0.717) is 12.2 Å². The van der Waals surface area contributed by atoms with Crippen LogP contribution in [0.3, 0.4) is 0 Å². The molecular weight excluding hydrogens is 284 g/mol. The molecule has 2 heterocycles. The van der Waals surface area contributed by atoms with Crippen LogP contribution < -0.4 is 5.32 Å². The molecule has 0 aliphatic carbocycles. The molecule has 1 fully saturated rings. The minimum atomic E-state index is -0.0326. The highest BCUT2D eigenvalue weighted by molar-refractivity contribution is 6.99. The predicted octanol–water partition coefficient (Wildman–Crippen LogP) is 1.89. The molecule has 0 radical (unpaired) electrons. The number of aromatic nitrogens is 2. The van der Waals surface area contributed by atoms with Crippen molar-refractivity contribution < 1.29 is 4.79 Å². The third-order valence-corrected chi connectivity index (χ3v) is 4.34. The Balaban J connectivity index is 1.85. The summed E-state index contributed by atoms with van der Waals surface area (Å²) < 4.78 is 7.99. The first-order chi connectivity index (χ1) is 10.3. The number of rotatable bonds is 3. The summed E-state index contributed by atoms with van der Waals surface area (Å²) in [7, 11) is 0. The summed E-state index contributed by atoms with van der Waals surface area (Å²) in [5.74, 6) is -0.0326. The van der Waals surface area contributed by atoms with E-state index in [4.69, 9.17) is 0 Å². The van der Waals surface area contributed by atoms with Crippen LogP contribution in [0.15, 0.2) is 30.5 Å². The zero-order valence-corrected chi connectivity index (χ0v) is 12.8. The molecule has 1 atom stereocenters. The first-order valence-electron chi connectivity index (χ1n) is 7.17. The van der Waals surface area contributed by atoms with Crippen molar-refractivity contribution in [2.24, 2.45) is 0 Å². The Hall–Kier alpha value is -1.79. The van der Waals surface area contributed by atoms with Gasteiger partial charge in [0, 0.05) is 19.6 Å². The van der Waals surface area contributed by atoms with E-state index in [1.165, 1.54) is 5.56 Å². The van der Waals surface area contributed by atoms with E-state index < -0.39 is 0 Å². The zero-order chi connectivity index (χ0) is 14.7. The Labute approximate surface area is 128 Å². The maximum atomic E-state index is 12.6. The average Bonchev–Trinajstić information content (AvgIpc) is 3.09. The number of aryl methyl sites for hydroxylation is 1. The Bertz CT molecular complexity index is 597. The molecule has 0 bridgehead atoms. The number of nitrogens with one attached hydrogen (secondary N) is 1. The summed E-state index contributed by atoms with van der Waals surface area (Å²) in [6.07, 6.45) is 2.57. The van der Waals surface area contributed by atoms with Crippen LogP contribution in [0.4, 0.5) is 0 Å². The molecular formula is C15H18N4OS. The van der Waals surface area contributed by atoms with Crippen molar-refractivity contribution in [1.29, 1.82) is 0 Å². The summed E-state index contributed by atoms with van der Waals surface area (Å²) in [6.45, 7) is 4.42. The number of amides is 1. The Morgan fingerprint density at radius 2 is 2.24 bits per heavy atom. The van der Waals surface area contributed by atoms with Crippen molar-refractivity contribution in [2.75, 3.05) is 19.6 Å². The molecule has 2 aromatic rings. The van der Waals surface area contributed by atoms with Gasteiger partial charge in [-0.15, -0.1) is 0 Å². The fraction of sp³-hybridized carbons (Fsp3) is 0.400. The third kappa shape index (κ3) is 2.96. The van der Waals surface area contributed by atoms with E-state index in [1.807, 2.05) is 4.90 Å². The van der Waals surface area contributed by atoms with Gasteiger partial charge in [-0.1, -0.05) is 31.2 Å². The quantitative estimate of drug-likeness (QED) is 0.940. The van der Waals surface area contributed by atoms with Gasteiger partial charge in [-0.05, 0) is 17.5 Å². The van der Waals surface area contributed by atoms with E-state index in [9.17, 15) is 4.79 Å². The van der Waals surface area contributed by atoms with Crippen molar-refractivity contribution >= 4 is 17.6 Å². The molecule has 1 unspecified atom stereocenters. The van der Waals surface area contributed by atoms with Crippen LogP contribution in [0.5, 0.6) is 0 Å². The van der Waals surface area contributed by atoms with Crippen LogP contribution in [0, 0.1) is 0 Å². The van der Waals surface area contributed by atoms with E-state index >= 15 is 0 Å². The van der Waals surface area contributed by atoms with E-state index in [1.54, 1.807) is 6.20 Å². The maximum Gasteiger partial charge on any atom is 0.275 e. The standard InChI is InChI=1S/C15H18N4OS/c1-2-11-3-5-12(6-4-11)14-10-16-7-8-19(14)15(20)13-9-17-21-18-13/h3-6,9,14,16H,2,7-8,10H2,1H3. The number of carbonyl (C=O) groups excluding carboxylic acids is 1. The second kappa shape index (κ2) is 6.32. The molecule has 1 amide bonds. The van der Waals surface area contributed by atoms with Gasteiger partial charge in [-0.2, -0.15) is 8.75 Å². The summed E-state index contributed by atoms with van der Waals surface area (Å²) >= 11 is 1.07. The molecule has 5 nitrogen and oxygen atoms in total. The fourth-order valence-electron chi connectivity index (χ4n) is 2.63. The van der Waals surface area contributed by atoms with Crippen molar-refractivity contribution in [3.05, 3.63) is 47.3 Å². The number of hydrogen-bond donors (Lipinski definition) is 1. The summed E-state index contributed by atoms with van der Waals surface area (Å²) in [6, 6.07) is 8.57. The van der Waals surface area contributed by atoms with Crippen LogP contribution in [-0.2, 0) is 6.42 Å². The first-order valence-corrected chi connectivity index (χ1v) is 7.90. The average molecular weight is 302 g/mol. The molecule has 1 aliphatic heterocycles. The normalized spacial score (nSPS) is 18.7. The van der Waals surface area contributed by atoms with Gasteiger partial charge in [0.15, 0.2) is 5.69 Å². The lowest BCUT2D eigenvalue weighted by Crippen LogP contribution is -2.48. The minimum absolute atomic E-state index is 0.0326. The third-order valence-electron chi connectivity index (χ3n) is 3.86. The summed E-state index contributed by atoms with van der Waals surface area (Å²) in [5.41, 5.74) is 2.91. The Morgan fingerprint density at radius 3 is 2.90 bits per heavy atom. The molecule has 3 rings (SSSR count). The molecule has 21 heavy (non-hydrogen) atoms. The van der Waals surface area contributed by atoms with Crippen LogP contribution in [-0.4, -0.2) is 39.2 Å². The van der Waals surface area contributed by atoms with Crippen molar-refractivity contribution in [2.45, 2.75) is 19.4 Å². The van der Waals surface area contributed by atoms with Gasteiger partial charge >= 0.3 is 0 Å². The Morgan fingerprint density at radius 1 is 1.43 bits per heavy atom. The van der Waals surface area contributed by atoms with Gasteiger partial charge < -0.3 is 10.2 Å². The maximum absolute atomic E-state index is 12.6. The highest BCUT2D eigenvalue weighted by Gasteiger charge is 2.29. The summed E-state index contributed by atoms with van der Waals surface area (Å²) in [4.78, 5) is 14.5. The van der Waals surface area contributed by atoms with Crippen LogP contribution >= 0.6 is 11.7 Å². The predicted molar refractivity (Wildman–Crippen MR) is 82.4 cm³/mol. The molecule has 1 aromatic heterocycles. The lowest BCUT2D eigenvalue weighted by molar-refractivity contribution is 0.0629. The smallest absolute Gasteiger partial charge is 0.275 e. The van der Waals surface area contributed by atoms with E-state index in [0.717, 1.165) is 36.8 Å². The molecule has 1 N–H and O–H groups in total. The van der Waals surface area contributed by atoms with Gasteiger partial charge in [0.05, 0.1) is 24.0 Å². The molecule has 0 spiro atoms. The van der Waals surface area contributed by atoms with E-state index in [2.05, 4.69) is 45.3 Å². The lowest BCUT2D eigenvalue weighted by atomic mass is 10.0. The molecule has 1 aromatic carbocycles. The Kier molecular flexibility index (Phi) is 4.26. The second-order valence-corrected chi connectivity index (χ2v) is 5.66. The van der Waals surface area contributed by atoms with E-state index in [-0.39, 0.29) is 11.9 Å². The molecule has 0 saturated carbocycles. The number of piperazine rings is 1. The highest BCUT2D eigenvalue weighted by Crippen LogP contribution is 2.24. The largest absolute Gasteiger partial charge is 0.328 e. The summed E-state index contributed by atoms with van der Waals surface area (Å²) in [5, 5.41) is 3.36. The van der Waals surface area contributed by atoms with Gasteiger partial charge in [0.2, 0.25) is 0 Å². The number of carbonyl (C=O) groups is 1. The first kappa shape index (κ1) is 14.2. The number of benzene rings is 1. The van der Waals surface area contributed by atoms with Crippen molar-refractivity contribution in [3.8, 4) is 0 Å². The monoisotopic (exact) mass is 302 g/mol. The molecule has 110 valence electrons. The van der Waals surface area contributed by atoms with Gasteiger partial charge in [0.1, 0.15) is 0 Å². The fourth-order valence-corrected chi connectivity index (χ4v) is 3.03. The highest BCUT2D eigenvalue weighted by atomic mass is 32.1. The lowest BCUT2D eigenvalue weighted by Gasteiger charge is -2.36. The number of hydrogen-bond acceptors (Lipinski definition) is 5.